The number of carbonyl (C=O) groups is 2. The SMILES string of the molecule is COc1cc(C(=O)N2[C@H]3CC[C@@H]2[C@H](N)C3)cc2nc(-c3cc4ccc5nc4n3CCCCCCCC(=O)N[C@@H]5C(F)(F)F)n(C)c12. The van der Waals surface area contributed by atoms with E-state index in [0.29, 0.717) is 57.9 Å². The first-order valence-electron chi connectivity index (χ1n) is 16.0. The molecule has 4 atom stereocenters. The van der Waals surface area contributed by atoms with Gasteiger partial charge in [-0.15, -0.1) is 0 Å². The summed E-state index contributed by atoms with van der Waals surface area (Å²) in [7, 11) is 3.41. The van der Waals surface area contributed by atoms with Crippen LogP contribution in [-0.4, -0.2) is 67.2 Å². The van der Waals surface area contributed by atoms with Gasteiger partial charge in [0.15, 0.2) is 11.9 Å². The summed E-state index contributed by atoms with van der Waals surface area (Å²) in [5.41, 5.74) is 8.88. The third kappa shape index (κ3) is 5.18. The first kappa shape index (κ1) is 30.5. The Hall–Kier alpha value is -4.13. The second-order valence-electron chi connectivity index (χ2n) is 12.8. The number of alkyl halides is 3. The highest BCUT2D eigenvalue weighted by atomic mass is 19.4. The number of nitrogens with zero attached hydrogens (tertiary/aromatic N) is 5. The average molecular weight is 638 g/mol. The number of amides is 2. The van der Waals surface area contributed by atoms with E-state index in [1.165, 1.54) is 6.07 Å². The number of aromatic nitrogens is 4. The van der Waals surface area contributed by atoms with Crippen LogP contribution in [0.2, 0.25) is 0 Å². The van der Waals surface area contributed by atoms with Gasteiger partial charge in [-0.1, -0.05) is 19.3 Å². The number of hydrogen-bond acceptors (Lipinski definition) is 6. The van der Waals surface area contributed by atoms with Gasteiger partial charge in [0.05, 0.1) is 24.0 Å². The highest BCUT2D eigenvalue weighted by Crippen LogP contribution is 2.40. The van der Waals surface area contributed by atoms with Crippen molar-refractivity contribution in [3.05, 3.63) is 41.6 Å². The maximum Gasteiger partial charge on any atom is 0.414 e. The van der Waals surface area contributed by atoms with Crippen molar-refractivity contribution in [1.82, 2.24) is 29.3 Å². The Morgan fingerprint density at radius 1 is 1.07 bits per heavy atom. The molecule has 6 heterocycles. The van der Waals surface area contributed by atoms with Crippen LogP contribution in [-0.2, 0) is 18.4 Å². The van der Waals surface area contributed by atoms with Gasteiger partial charge in [0.25, 0.3) is 5.91 Å². The molecule has 0 unspecified atom stereocenters. The van der Waals surface area contributed by atoms with E-state index in [-0.39, 0.29) is 36.1 Å². The molecule has 1 aromatic carbocycles. The maximum absolute atomic E-state index is 14.2. The van der Waals surface area contributed by atoms with E-state index in [2.05, 4.69) is 10.3 Å². The Morgan fingerprint density at radius 3 is 2.57 bits per heavy atom. The summed E-state index contributed by atoms with van der Waals surface area (Å²) in [6.45, 7) is 0.528. The van der Waals surface area contributed by atoms with Gasteiger partial charge in [-0.2, -0.15) is 13.2 Å². The number of halogens is 3. The van der Waals surface area contributed by atoms with Crippen LogP contribution >= 0.6 is 0 Å². The molecule has 0 aliphatic carbocycles. The number of rotatable bonds is 3. The molecule has 13 heteroatoms. The number of nitrogens with one attached hydrogen (secondary N) is 1. The molecule has 10 nitrogen and oxygen atoms in total. The van der Waals surface area contributed by atoms with E-state index in [9.17, 15) is 22.8 Å². The smallest absolute Gasteiger partial charge is 0.414 e. The monoisotopic (exact) mass is 637 g/mol. The zero-order valence-corrected chi connectivity index (χ0v) is 25.9. The number of benzene rings is 1. The highest BCUT2D eigenvalue weighted by molar-refractivity contribution is 6.00. The number of fused-ring (bicyclic) bond motifs is 4. The highest BCUT2D eigenvalue weighted by Gasteiger charge is 2.47. The number of nitrogens with two attached hydrogens (primary N) is 1. The standard InChI is InChI=1S/C33H38F3N7O3/c1-41-28-23(14-19(16-26(28)46-2)32(45)43-20-10-12-24(43)21(37)17-20)39-31(41)25-15-18-9-11-22-29(33(34,35)36)40-27(44)8-6-4-3-5-7-13-42(25)30(18)38-22/h9,11,14-16,20-21,24,29H,3-8,10,12-13,17,37H2,1-2H3,(H,40,44)/t20-,21+,24+,29-/m0/s1. The Balaban J connectivity index is 1.34. The van der Waals surface area contributed by atoms with Gasteiger partial charge in [0, 0.05) is 49.1 Å². The van der Waals surface area contributed by atoms with Crippen LogP contribution in [0.3, 0.4) is 0 Å². The van der Waals surface area contributed by atoms with Gasteiger partial charge in [-0.05, 0) is 62.4 Å². The lowest BCUT2D eigenvalue weighted by Gasteiger charge is -2.23. The zero-order chi connectivity index (χ0) is 32.3. The summed E-state index contributed by atoms with van der Waals surface area (Å²) in [6.07, 6.45) is 1.84. The zero-order valence-electron chi connectivity index (χ0n) is 25.9. The number of ether oxygens (including phenoxy) is 1. The molecular formula is C33H38F3N7O3. The summed E-state index contributed by atoms with van der Waals surface area (Å²) in [5, 5.41) is 2.83. The number of imidazole rings is 1. The van der Waals surface area contributed by atoms with Gasteiger partial charge in [0.2, 0.25) is 5.91 Å². The van der Waals surface area contributed by atoms with Gasteiger partial charge in [-0.3, -0.25) is 9.59 Å². The first-order valence-corrected chi connectivity index (χ1v) is 16.0. The second-order valence-corrected chi connectivity index (χ2v) is 12.8. The Morgan fingerprint density at radius 2 is 1.85 bits per heavy atom. The van der Waals surface area contributed by atoms with Crippen molar-refractivity contribution >= 4 is 33.9 Å². The minimum absolute atomic E-state index is 0.0173. The summed E-state index contributed by atoms with van der Waals surface area (Å²) < 4.78 is 52.2. The average Bonchev–Trinajstić information content (AvgIpc) is 3.77. The predicted molar refractivity (Wildman–Crippen MR) is 166 cm³/mol. The number of pyridine rings is 1. The van der Waals surface area contributed by atoms with Crippen molar-refractivity contribution in [3.8, 4) is 17.3 Å². The first-order chi connectivity index (χ1) is 22.0. The van der Waals surface area contributed by atoms with Crippen molar-refractivity contribution in [1.29, 1.82) is 0 Å². The fourth-order valence-corrected chi connectivity index (χ4v) is 7.68. The molecule has 3 N–H and O–H groups in total. The molecule has 4 aromatic rings. The van der Waals surface area contributed by atoms with E-state index >= 15 is 0 Å². The van der Waals surface area contributed by atoms with Crippen LogP contribution in [0.25, 0.3) is 33.6 Å². The molecular weight excluding hydrogens is 599 g/mol. The van der Waals surface area contributed by atoms with Crippen molar-refractivity contribution in [2.45, 2.75) is 94.7 Å². The van der Waals surface area contributed by atoms with E-state index in [1.54, 1.807) is 25.3 Å². The topological polar surface area (TPSA) is 120 Å². The third-order valence-corrected chi connectivity index (χ3v) is 9.93. The van der Waals surface area contributed by atoms with Crippen molar-refractivity contribution in [2.75, 3.05) is 7.11 Å². The van der Waals surface area contributed by atoms with E-state index in [0.717, 1.165) is 44.9 Å². The molecule has 3 aliphatic rings. The quantitative estimate of drug-likeness (QED) is 0.312. The van der Waals surface area contributed by atoms with Crippen LogP contribution < -0.4 is 15.8 Å². The lowest BCUT2D eigenvalue weighted by Crippen LogP contribution is -2.40. The molecule has 3 aromatic heterocycles. The molecule has 2 amide bonds. The van der Waals surface area contributed by atoms with Crippen LogP contribution in [0.15, 0.2) is 30.3 Å². The van der Waals surface area contributed by atoms with E-state index < -0.39 is 18.1 Å². The third-order valence-electron chi connectivity index (χ3n) is 9.93. The molecule has 0 spiro atoms. The molecule has 3 aliphatic heterocycles. The normalized spacial score (nSPS) is 24.1. The Bertz CT molecular complexity index is 1830. The molecule has 0 saturated carbocycles. The molecule has 0 radical (unpaired) electrons. The Labute approximate surface area is 264 Å². The molecule has 7 rings (SSSR count). The predicted octanol–water partition coefficient (Wildman–Crippen LogP) is 5.38. The van der Waals surface area contributed by atoms with Crippen LogP contribution in [0.5, 0.6) is 5.75 Å². The lowest BCUT2D eigenvalue weighted by atomic mass is 9.97. The number of carbonyl (C=O) groups excluding carboxylic acids is 2. The van der Waals surface area contributed by atoms with Crippen LogP contribution in [0.4, 0.5) is 13.2 Å². The minimum atomic E-state index is -4.71. The number of hydrogen-bond donors (Lipinski definition) is 2. The lowest BCUT2D eigenvalue weighted by molar-refractivity contribution is -0.164. The van der Waals surface area contributed by atoms with Crippen LogP contribution in [0, 0.1) is 0 Å². The van der Waals surface area contributed by atoms with E-state index in [1.807, 2.05) is 27.1 Å². The largest absolute Gasteiger partial charge is 0.494 e. The molecule has 4 bridgehead atoms. The van der Waals surface area contributed by atoms with E-state index in [4.69, 9.17) is 15.5 Å². The number of aryl methyl sites for hydroxylation is 2. The fraction of sp³-hybridized carbons (Fsp3) is 0.515. The number of methoxy groups -OCH3 is 1. The van der Waals surface area contributed by atoms with Gasteiger partial charge >= 0.3 is 6.18 Å². The van der Waals surface area contributed by atoms with Crippen molar-refractivity contribution in [2.24, 2.45) is 12.8 Å². The van der Waals surface area contributed by atoms with Gasteiger partial charge < -0.3 is 29.8 Å². The summed E-state index contributed by atoms with van der Waals surface area (Å²) in [5.74, 6) is 0.351. The van der Waals surface area contributed by atoms with Gasteiger partial charge in [0.1, 0.15) is 16.9 Å². The van der Waals surface area contributed by atoms with Crippen molar-refractivity contribution in [3.63, 3.8) is 0 Å². The minimum Gasteiger partial charge on any atom is -0.494 e. The molecule has 2 fully saturated rings. The summed E-state index contributed by atoms with van der Waals surface area (Å²) >= 11 is 0. The maximum atomic E-state index is 14.2. The molecule has 2 saturated heterocycles. The van der Waals surface area contributed by atoms with Gasteiger partial charge in [-0.25, -0.2) is 9.97 Å². The summed E-state index contributed by atoms with van der Waals surface area (Å²) in [4.78, 5) is 37.6. The fourth-order valence-electron chi connectivity index (χ4n) is 7.68. The Kier molecular flexibility index (Phi) is 7.69. The summed E-state index contributed by atoms with van der Waals surface area (Å²) in [6, 6.07) is 6.30. The van der Waals surface area contributed by atoms with Crippen LogP contribution in [0.1, 0.15) is 79.9 Å². The van der Waals surface area contributed by atoms with Crippen molar-refractivity contribution < 1.29 is 27.5 Å². The molecule has 46 heavy (non-hydrogen) atoms. The molecule has 244 valence electrons. The second kappa shape index (κ2) is 11.6.